The van der Waals surface area contributed by atoms with E-state index in [9.17, 15) is 0 Å². The Bertz CT molecular complexity index is 7850. The van der Waals surface area contributed by atoms with E-state index < -0.39 is 0 Å². The fourth-order valence-corrected chi connectivity index (χ4v) is 22.3. The predicted octanol–water partition coefficient (Wildman–Crippen LogP) is 32.9. The van der Waals surface area contributed by atoms with E-state index in [1.54, 1.807) is 0 Å². The first-order chi connectivity index (χ1) is 66.0. The molecular weight excluding hydrogens is 1640 g/mol. The highest BCUT2D eigenvalue weighted by atomic mass is 15.2. The summed E-state index contributed by atoms with van der Waals surface area (Å²) >= 11 is 0. The third-order valence-electron chi connectivity index (χ3n) is 29.6. The molecule has 0 unspecified atom stereocenters. The second-order valence-corrected chi connectivity index (χ2v) is 42.2. The van der Waals surface area contributed by atoms with Crippen LogP contribution in [-0.2, 0) is 41.0 Å². The van der Waals surface area contributed by atoms with Crippen LogP contribution in [0.5, 0.6) is 0 Å². The van der Waals surface area contributed by atoms with Gasteiger partial charge in [0.05, 0.1) is 11.0 Å². The molecule has 136 heavy (non-hydrogen) atoms. The van der Waals surface area contributed by atoms with Gasteiger partial charge in [0.25, 0.3) is 6.71 Å². The van der Waals surface area contributed by atoms with E-state index in [1.807, 2.05) is 0 Å². The van der Waals surface area contributed by atoms with Gasteiger partial charge in [-0.05, 0) is 290 Å². The first kappa shape index (κ1) is 85.2. The number of hydrogen-bond donors (Lipinski definition) is 0. The molecule has 0 bridgehead atoms. The Morgan fingerprint density at radius 2 is 0.610 bits per heavy atom. The highest BCUT2D eigenvalue weighted by Gasteiger charge is 2.44. The maximum absolute atomic E-state index is 2.81. The Hall–Kier alpha value is -15.0. The van der Waals surface area contributed by atoms with Crippen molar-refractivity contribution in [1.29, 1.82) is 0 Å². The molecule has 0 radical (unpaired) electrons. The van der Waals surface area contributed by atoms with Gasteiger partial charge in [-0.1, -0.05) is 411 Å². The average molecular weight is 1750 g/mol. The number of aromatic nitrogens is 1. The van der Waals surface area contributed by atoms with Crippen LogP contribution in [0.1, 0.15) is 122 Å². The summed E-state index contributed by atoms with van der Waals surface area (Å²) in [4.78, 5) is 8.20. The largest absolute Gasteiger partial charge is 0.342 e. The Kier molecular flexibility index (Phi) is 21.0. The van der Waals surface area contributed by atoms with E-state index in [0.717, 1.165) is 23.5 Å². The molecule has 2 aliphatic heterocycles. The van der Waals surface area contributed by atoms with Crippen molar-refractivity contribution in [3.63, 3.8) is 0 Å². The van der Waals surface area contributed by atoms with Crippen LogP contribution in [0.3, 0.4) is 0 Å². The van der Waals surface area contributed by atoms with Crippen LogP contribution < -0.4 is 31.1 Å². The molecule has 4 nitrogen and oxygen atoms in total. The lowest BCUT2D eigenvalue weighted by atomic mass is 9.33. The van der Waals surface area contributed by atoms with Gasteiger partial charge in [0.1, 0.15) is 0 Å². The highest BCUT2D eigenvalue weighted by molar-refractivity contribution is 7.00. The molecule has 660 valence electrons. The molecule has 21 aromatic rings. The van der Waals surface area contributed by atoms with Crippen LogP contribution in [0.25, 0.3) is 148 Å². The third kappa shape index (κ3) is 15.2. The molecule has 3 heterocycles. The van der Waals surface area contributed by atoms with Gasteiger partial charge in [0.15, 0.2) is 0 Å². The van der Waals surface area contributed by atoms with Crippen molar-refractivity contribution in [2.75, 3.05) is 27.8 Å². The molecule has 1 aromatic heterocycles. The molecule has 0 atom stereocenters. The average Bonchev–Trinajstić information content (AvgIpc) is 0.884. The summed E-state index contributed by atoms with van der Waals surface area (Å²) < 4.78 is 2.60. The number of anilines is 6. The SMILES string of the molecule is CC(C)(C)c1cc(-c2ccccc2)c(CCN2c3cc(-c4ccc5c6cccc7cccc(c8cccc4c85)c76)ccc3B3c4ccc(-n5c6ccc(C(C)(C)C)cc6c6cc(C(C)(C)C)ccc65)cc4N(CCc4c(-c5ccccc5)cc(C(C)(C)C)cc4-c4ccccc4)c4cc(CN(c5ccc(-c6ccccc6)cc5)c5ccc(-c6ccccc6)cc5)cc2c43)c(-c2ccccc2)c1. The smallest absolute Gasteiger partial charge is 0.252 e. The Balaban J connectivity index is 0.817. The van der Waals surface area contributed by atoms with Crippen molar-refractivity contribution in [1.82, 2.24) is 4.57 Å². The van der Waals surface area contributed by atoms with Crippen LogP contribution in [0.2, 0.25) is 0 Å². The summed E-state index contributed by atoms with van der Waals surface area (Å²) in [6, 6.07) is 156. The topological polar surface area (TPSA) is 14.7 Å². The van der Waals surface area contributed by atoms with E-state index >= 15 is 0 Å². The number of benzene rings is 20. The zero-order valence-electron chi connectivity index (χ0n) is 80.1. The van der Waals surface area contributed by atoms with E-state index in [0.29, 0.717) is 26.1 Å². The Morgan fingerprint density at radius 1 is 0.250 bits per heavy atom. The summed E-state index contributed by atoms with van der Waals surface area (Å²) in [5.74, 6) is 0. The summed E-state index contributed by atoms with van der Waals surface area (Å²) in [7, 11) is 0. The molecule has 23 rings (SSSR count). The summed E-state index contributed by atoms with van der Waals surface area (Å²) in [5, 5.41) is 12.8. The van der Waals surface area contributed by atoms with Crippen molar-refractivity contribution < 1.29 is 0 Å². The lowest BCUT2D eigenvalue weighted by Crippen LogP contribution is -2.62. The zero-order chi connectivity index (χ0) is 92.6. The molecule has 5 heteroatoms. The molecule has 0 saturated heterocycles. The van der Waals surface area contributed by atoms with Crippen LogP contribution >= 0.6 is 0 Å². The summed E-state index contributed by atoms with van der Waals surface area (Å²) in [5.41, 5.74) is 40.1. The van der Waals surface area contributed by atoms with Crippen LogP contribution in [0, 0.1) is 0 Å². The number of nitrogens with zero attached hydrogens (tertiary/aromatic N) is 4. The zero-order valence-corrected chi connectivity index (χ0v) is 80.1. The minimum Gasteiger partial charge on any atom is -0.342 e. The van der Waals surface area contributed by atoms with Gasteiger partial charge < -0.3 is 19.3 Å². The van der Waals surface area contributed by atoms with Crippen LogP contribution in [-0.4, -0.2) is 24.4 Å². The van der Waals surface area contributed by atoms with Crippen molar-refractivity contribution in [3.05, 3.63) is 445 Å². The van der Waals surface area contributed by atoms with E-state index in [2.05, 4.69) is 509 Å². The lowest BCUT2D eigenvalue weighted by molar-refractivity contribution is 0.590. The minimum atomic E-state index is -0.224. The van der Waals surface area contributed by atoms with E-state index in [1.165, 1.54) is 221 Å². The van der Waals surface area contributed by atoms with E-state index in [4.69, 9.17) is 0 Å². The third-order valence-corrected chi connectivity index (χ3v) is 29.6. The standard InChI is InChI=1S/C131H113BN4/c1-128(2,3)96-57-68-119-115(77-96)116-78-97(129(4,5)6)58-69-120(116)136(119)102-63-67-118-122(83-102)134(73-71-105-113(92-42-27-17-28-43-92)81-99(131(10,11)12)82-114(105)93-44-29-18-30-45-93)124-75-85(84-135(100-59-52-88(53-60-100)86-34-19-13-20-35-86)101-61-54-89(55-62-101)87-36-21-14-22-37-87)74-123-127(124)132(118)117-66-56-95(103-64-65-110-108-49-32-47-94-46-31-48-107(125(94)108)109-51-33-50-106(103)126(109)110)76-121(117)133(123)72-70-104-111(90-38-23-15-24-39-90)79-98(130(7,8)9)80-112(104)91-40-25-16-26-41-91/h13-69,74-83H,70-73,84H2,1-12H3. The van der Waals surface area contributed by atoms with Gasteiger partial charge in [-0.3, -0.25) is 0 Å². The molecule has 0 saturated carbocycles. The number of fused-ring (bicyclic) bond motifs is 9. The highest BCUT2D eigenvalue weighted by Crippen LogP contribution is 2.50. The first-order valence-electron chi connectivity index (χ1n) is 48.8. The summed E-state index contributed by atoms with van der Waals surface area (Å²) in [6.07, 6.45) is 1.44. The number of hydrogen-bond acceptors (Lipinski definition) is 3. The second-order valence-electron chi connectivity index (χ2n) is 42.2. The van der Waals surface area contributed by atoms with Gasteiger partial charge in [0.2, 0.25) is 0 Å². The predicted molar refractivity (Wildman–Crippen MR) is 585 cm³/mol. The fraction of sp³-hybridized carbons (Fsp3) is 0.160. The molecular formula is C131H113BN4. The van der Waals surface area contributed by atoms with Crippen molar-refractivity contribution in [3.8, 4) is 83.6 Å². The lowest BCUT2D eigenvalue weighted by Gasteiger charge is -2.45. The van der Waals surface area contributed by atoms with Gasteiger partial charge >= 0.3 is 0 Å². The molecule has 0 fully saturated rings. The minimum absolute atomic E-state index is 0.0789. The monoisotopic (exact) mass is 1750 g/mol. The van der Waals surface area contributed by atoms with Crippen molar-refractivity contribution in [2.45, 2.75) is 124 Å². The number of rotatable bonds is 18. The van der Waals surface area contributed by atoms with Crippen LogP contribution in [0.15, 0.2) is 406 Å². The second kappa shape index (κ2) is 33.5. The Morgan fingerprint density at radius 3 is 1.03 bits per heavy atom. The van der Waals surface area contributed by atoms with E-state index in [-0.39, 0.29) is 28.4 Å². The maximum atomic E-state index is 2.81. The molecule has 0 N–H and O–H groups in total. The maximum Gasteiger partial charge on any atom is 0.252 e. The molecule has 2 aliphatic rings. The van der Waals surface area contributed by atoms with Crippen molar-refractivity contribution >= 4 is 122 Å². The molecule has 0 aliphatic carbocycles. The van der Waals surface area contributed by atoms with Gasteiger partial charge in [-0.25, -0.2) is 0 Å². The summed E-state index contributed by atoms with van der Waals surface area (Å²) in [6.45, 7) is 29.9. The fourth-order valence-electron chi connectivity index (χ4n) is 22.3. The molecule has 0 amide bonds. The van der Waals surface area contributed by atoms with Gasteiger partial charge in [-0.2, -0.15) is 0 Å². The molecule has 20 aromatic carbocycles. The first-order valence-corrected chi connectivity index (χ1v) is 48.8. The van der Waals surface area contributed by atoms with Crippen molar-refractivity contribution in [2.24, 2.45) is 0 Å². The van der Waals surface area contributed by atoms with Gasteiger partial charge in [0, 0.05) is 70.2 Å². The quantitative estimate of drug-likeness (QED) is 0.0483. The molecule has 0 spiro atoms. The van der Waals surface area contributed by atoms with Crippen LogP contribution in [0.4, 0.5) is 34.1 Å². The normalized spacial score (nSPS) is 12.8. The Labute approximate surface area is 801 Å². The van der Waals surface area contributed by atoms with Gasteiger partial charge in [-0.15, -0.1) is 0 Å².